The summed E-state index contributed by atoms with van der Waals surface area (Å²) in [6.45, 7) is 15.2. The Kier molecular flexibility index (Phi) is 5.37. The van der Waals surface area contributed by atoms with Gasteiger partial charge < -0.3 is 9.47 Å². The summed E-state index contributed by atoms with van der Waals surface area (Å²) in [7, 11) is 0. The summed E-state index contributed by atoms with van der Waals surface area (Å²) in [5.74, 6) is 0.745. The number of hydrogen-bond acceptors (Lipinski definition) is 4. The molecule has 0 bridgehead atoms. The number of hydrogen-bond donors (Lipinski definition) is 0. The van der Waals surface area contributed by atoms with Crippen molar-refractivity contribution in [3.63, 3.8) is 0 Å². The summed E-state index contributed by atoms with van der Waals surface area (Å²) in [5.41, 5.74) is 6.64. The highest BCUT2D eigenvalue weighted by molar-refractivity contribution is 5.94. The summed E-state index contributed by atoms with van der Waals surface area (Å²) >= 11 is 0. The van der Waals surface area contributed by atoms with Crippen LogP contribution < -0.4 is 0 Å². The van der Waals surface area contributed by atoms with Crippen molar-refractivity contribution < 1.29 is 0 Å². The zero-order valence-electron chi connectivity index (χ0n) is 18.1. The molecule has 4 aromatic rings. The molecule has 0 saturated heterocycles. The van der Waals surface area contributed by atoms with Gasteiger partial charge in [0.15, 0.2) is 11.5 Å². The van der Waals surface area contributed by atoms with Crippen LogP contribution >= 0.6 is 0 Å². The summed E-state index contributed by atoms with van der Waals surface area (Å²) < 4.78 is 4.15. The molecule has 0 saturated carbocycles. The van der Waals surface area contributed by atoms with Crippen LogP contribution in [0.1, 0.15) is 37.1 Å². The second kappa shape index (κ2) is 7.95. The van der Waals surface area contributed by atoms with E-state index >= 15 is 0 Å². The number of nitrogens with zero attached hydrogens (tertiary/aromatic N) is 6. The van der Waals surface area contributed by atoms with Gasteiger partial charge in [0, 0.05) is 17.8 Å². The third-order valence-corrected chi connectivity index (χ3v) is 5.97. The highest BCUT2D eigenvalue weighted by atomic mass is 15.3. The predicted octanol–water partition coefficient (Wildman–Crippen LogP) is 4.40. The molecule has 3 heterocycles. The van der Waals surface area contributed by atoms with Gasteiger partial charge in [-0.1, -0.05) is 37.6 Å². The minimum atomic E-state index is 0.745. The maximum Gasteiger partial charge on any atom is 0.182 e. The highest BCUT2D eigenvalue weighted by Gasteiger charge is 2.18. The van der Waals surface area contributed by atoms with Crippen LogP contribution in [-0.4, -0.2) is 48.7 Å². The van der Waals surface area contributed by atoms with Gasteiger partial charge in [0.2, 0.25) is 0 Å². The standard InChI is InChI=1S/C23H30N6/c1-6-27(7-2)12-9-13-28-18(5)17(4)20-22(28)24-15-29-23(20)25-21(26-29)19-11-8-10-16(3)14-19/h8,10-11,14-15H,6-7,9,12-13H2,1-5H3. The fourth-order valence-corrected chi connectivity index (χ4v) is 4.10. The highest BCUT2D eigenvalue weighted by Crippen LogP contribution is 2.28. The molecule has 0 amide bonds. The zero-order chi connectivity index (χ0) is 20.5. The van der Waals surface area contributed by atoms with E-state index in [0.29, 0.717) is 0 Å². The lowest BCUT2D eigenvalue weighted by Gasteiger charge is -2.18. The molecular formula is C23H30N6. The number of rotatable bonds is 7. The molecule has 4 rings (SSSR count). The van der Waals surface area contributed by atoms with Crippen molar-refractivity contribution in [2.45, 2.75) is 47.6 Å². The number of aromatic nitrogens is 5. The minimum absolute atomic E-state index is 0.745. The number of aryl methyl sites for hydroxylation is 3. The first kappa shape index (κ1) is 19.6. The lowest BCUT2D eigenvalue weighted by atomic mass is 10.1. The normalized spacial score (nSPS) is 11.9. The van der Waals surface area contributed by atoms with Crippen LogP contribution in [0.4, 0.5) is 0 Å². The van der Waals surface area contributed by atoms with Crippen molar-refractivity contribution in [2.24, 2.45) is 0 Å². The molecule has 6 heteroatoms. The summed E-state index contributed by atoms with van der Waals surface area (Å²) in [6.07, 6.45) is 2.91. The van der Waals surface area contributed by atoms with E-state index in [0.717, 1.165) is 60.7 Å². The molecular weight excluding hydrogens is 360 g/mol. The van der Waals surface area contributed by atoms with Gasteiger partial charge in [-0.3, -0.25) is 0 Å². The molecule has 0 aliphatic carbocycles. The Morgan fingerprint density at radius 3 is 2.55 bits per heavy atom. The lowest BCUT2D eigenvalue weighted by molar-refractivity contribution is 0.293. The average molecular weight is 391 g/mol. The van der Waals surface area contributed by atoms with Crippen molar-refractivity contribution in [1.29, 1.82) is 0 Å². The van der Waals surface area contributed by atoms with E-state index in [1.807, 2.05) is 10.6 Å². The van der Waals surface area contributed by atoms with E-state index in [2.05, 4.69) is 67.4 Å². The third-order valence-electron chi connectivity index (χ3n) is 5.97. The third kappa shape index (κ3) is 3.53. The van der Waals surface area contributed by atoms with E-state index in [1.165, 1.54) is 16.8 Å². The van der Waals surface area contributed by atoms with Gasteiger partial charge in [-0.2, -0.15) is 0 Å². The first-order chi connectivity index (χ1) is 14.0. The fourth-order valence-electron chi connectivity index (χ4n) is 4.10. The Balaban J connectivity index is 1.74. The largest absolute Gasteiger partial charge is 0.329 e. The summed E-state index contributed by atoms with van der Waals surface area (Å²) in [5, 5.41) is 5.80. The first-order valence-electron chi connectivity index (χ1n) is 10.5. The Hall–Kier alpha value is -2.73. The Morgan fingerprint density at radius 1 is 1.03 bits per heavy atom. The zero-order valence-corrected chi connectivity index (χ0v) is 18.1. The number of benzene rings is 1. The summed E-state index contributed by atoms with van der Waals surface area (Å²) in [6, 6.07) is 8.32. The van der Waals surface area contributed by atoms with Crippen molar-refractivity contribution in [2.75, 3.05) is 19.6 Å². The topological polar surface area (TPSA) is 51.2 Å². The van der Waals surface area contributed by atoms with Crippen LogP contribution in [-0.2, 0) is 6.54 Å². The van der Waals surface area contributed by atoms with Crippen LogP contribution in [0, 0.1) is 20.8 Å². The molecule has 0 unspecified atom stereocenters. The Labute approximate surface area is 172 Å². The van der Waals surface area contributed by atoms with E-state index in [1.54, 1.807) is 6.33 Å². The van der Waals surface area contributed by atoms with Gasteiger partial charge in [0.25, 0.3) is 0 Å². The van der Waals surface area contributed by atoms with Crippen LogP contribution in [0.25, 0.3) is 28.1 Å². The van der Waals surface area contributed by atoms with Crippen molar-refractivity contribution in [3.05, 3.63) is 47.4 Å². The maximum atomic E-state index is 4.89. The van der Waals surface area contributed by atoms with Crippen LogP contribution in [0.5, 0.6) is 0 Å². The van der Waals surface area contributed by atoms with E-state index in [9.17, 15) is 0 Å². The molecule has 0 atom stereocenters. The SMILES string of the molecule is CCN(CC)CCCn1c(C)c(C)c2c1ncn1nc(-c3cccc(C)c3)nc21. The molecule has 152 valence electrons. The molecule has 29 heavy (non-hydrogen) atoms. The quantitative estimate of drug-likeness (QED) is 0.469. The van der Waals surface area contributed by atoms with E-state index < -0.39 is 0 Å². The molecule has 0 fully saturated rings. The Morgan fingerprint density at radius 2 is 1.83 bits per heavy atom. The van der Waals surface area contributed by atoms with Crippen LogP contribution in [0.2, 0.25) is 0 Å². The van der Waals surface area contributed by atoms with E-state index in [4.69, 9.17) is 9.97 Å². The average Bonchev–Trinajstić information content (AvgIpc) is 3.26. The maximum absolute atomic E-state index is 4.89. The monoisotopic (exact) mass is 390 g/mol. The second-order valence-corrected chi connectivity index (χ2v) is 7.76. The first-order valence-corrected chi connectivity index (χ1v) is 10.5. The Bertz CT molecular complexity index is 1150. The van der Waals surface area contributed by atoms with E-state index in [-0.39, 0.29) is 0 Å². The lowest BCUT2D eigenvalue weighted by Crippen LogP contribution is -2.25. The molecule has 0 aliphatic heterocycles. The molecule has 6 nitrogen and oxygen atoms in total. The molecule has 3 aromatic heterocycles. The molecule has 1 aromatic carbocycles. The smallest absolute Gasteiger partial charge is 0.182 e. The van der Waals surface area contributed by atoms with Crippen molar-refractivity contribution >= 4 is 16.7 Å². The van der Waals surface area contributed by atoms with Crippen molar-refractivity contribution in [1.82, 2.24) is 29.0 Å². The number of fused-ring (bicyclic) bond motifs is 3. The van der Waals surface area contributed by atoms with Crippen LogP contribution in [0.3, 0.4) is 0 Å². The molecule has 0 N–H and O–H groups in total. The molecule has 0 radical (unpaired) electrons. The van der Waals surface area contributed by atoms with Gasteiger partial charge in [0.05, 0.1) is 5.39 Å². The van der Waals surface area contributed by atoms with Gasteiger partial charge in [0.1, 0.15) is 12.0 Å². The van der Waals surface area contributed by atoms with Crippen LogP contribution in [0.15, 0.2) is 30.6 Å². The van der Waals surface area contributed by atoms with Gasteiger partial charge in [-0.05, 0) is 58.5 Å². The minimum Gasteiger partial charge on any atom is -0.329 e. The molecule has 0 spiro atoms. The predicted molar refractivity (Wildman–Crippen MR) is 118 cm³/mol. The molecule has 0 aliphatic rings. The van der Waals surface area contributed by atoms with Gasteiger partial charge in [-0.25, -0.2) is 14.5 Å². The summed E-state index contributed by atoms with van der Waals surface area (Å²) in [4.78, 5) is 12.1. The van der Waals surface area contributed by atoms with Gasteiger partial charge in [-0.15, -0.1) is 5.10 Å². The van der Waals surface area contributed by atoms with Gasteiger partial charge >= 0.3 is 0 Å². The van der Waals surface area contributed by atoms with Crippen molar-refractivity contribution in [3.8, 4) is 11.4 Å². The second-order valence-electron chi connectivity index (χ2n) is 7.76. The fraction of sp³-hybridized carbons (Fsp3) is 0.435.